The number of hydrogen-bond donors (Lipinski definition) is 4. The van der Waals surface area contributed by atoms with Gasteiger partial charge in [-0.1, -0.05) is 0 Å². The van der Waals surface area contributed by atoms with E-state index in [1.807, 2.05) is 0 Å². The second-order valence-corrected chi connectivity index (χ2v) is 8.19. The van der Waals surface area contributed by atoms with Crippen molar-refractivity contribution in [2.24, 2.45) is 17.4 Å². The van der Waals surface area contributed by atoms with Gasteiger partial charge < -0.3 is 32.3 Å². The van der Waals surface area contributed by atoms with Crippen molar-refractivity contribution >= 4 is 22.6 Å². The number of ether oxygens (including phenoxy) is 1. The minimum absolute atomic E-state index is 0.0309. The number of halogens is 2. The van der Waals surface area contributed by atoms with Crippen LogP contribution in [-0.4, -0.2) is 54.2 Å². The lowest BCUT2D eigenvalue weighted by Crippen LogP contribution is -2.46. The van der Waals surface area contributed by atoms with E-state index >= 15 is 4.39 Å². The van der Waals surface area contributed by atoms with Crippen molar-refractivity contribution in [1.29, 1.82) is 0 Å². The number of anilines is 1. The fraction of sp³-hybridized carbons (Fsp3) is 0.526. The number of aromatic nitrogens is 2. The van der Waals surface area contributed by atoms with Crippen LogP contribution in [0.15, 0.2) is 15.7 Å². The van der Waals surface area contributed by atoms with Gasteiger partial charge in [0.05, 0.1) is 12.5 Å². The monoisotopic (exact) mass is 453 g/mol. The third kappa shape index (κ3) is 3.51. The van der Waals surface area contributed by atoms with Crippen LogP contribution in [0.3, 0.4) is 0 Å². The van der Waals surface area contributed by atoms with Gasteiger partial charge in [-0.15, -0.1) is 0 Å². The van der Waals surface area contributed by atoms with E-state index in [1.165, 1.54) is 16.6 Å². The van der Waals surface area contributed by atoms with Gasteiger partial charge in [-0.25, -0.2) is 18.4 Å². The van der Waals surface area contributed by atoms with E-state index in [0.29, 0.717) is 17.5 Å². The van der Waals surface area contributed by atoms with Crippen LogP contribution in [0.4, 0.5) is 19.3 Å². The molecule has 2 heterocycles. The maximum atomic E-state index is 15.3. The number of urea groups is 1. The molecule has 32 heavy (non-hydrogen) atoms. The summed E-state index contributed by atoms with van der Waals surface area (Å²) in [4.78, 5) is 37.7. The molecule has 1 saturated carbocycles. The minimum atomic E-state index is -1.41. The van der Waals surface area contributed by atoms with Gasteiger partial charge in [0.2, 0.25) is 0 Å². The summed E-state index contributed by atoms with van der Waals surface area (Å²) in [6.07, 6.45) is -0.0196. The highest BCUT2D eigenvalue weighted by Gasteiger charge is 2.40. The quantitative estimate of drug-likeness (QED) is 0.413. The van der Waals surface area contributed by atoms with Gasteiger partial charge in [-0.05, 0) is 18.9 Å². The molecule has 2 amide bonds. The Labute approximate surface area is 180 Å². The topological polar surface area (TPSA) is 164 Å². The first-order chi connectivity index (χ1) is 15.1. The molecule has 1 aromatic carbocycles. The molecule has 1 aliphatic carbocycles. The highest BCUT2D eigenvalue weighted by molar-refractivity contribution is 5.91. The van der Waals surface area contributed by atoms with E-state index in [4.69, 9.17) is 22.0 Å². The molecule has 0 spiro atoms. The van der Waals surface area contributed by atoms with E-state index in [9.17, 15) is 18.8 Å². The Kier molecular flexibility index (Phi) is 5.44. The first-order valence-corrected chi connectivity index (χ1v) is 10.2. The Hall–Kier alpha value is -3.35. The number of hydrogen-bond acceptors (Lipinski definition) is 7. The lowest BCUT2D eigenvalue weighted by atomic mass is 9.98. The largest absolute Gasteiger partial charge is 0.492 e. The van der Waals surface area contributed by atoms with Crippen LogP contribution in [-0.2, 0) is 0 Å². The summed E-state index contributed by atoms with van der Waals surface area (Å²) in [6, 6.07) is -0.740. The van der Waals surface area contributed by atoms with Gasteiger partial charge in [-0.3, -0.25) is 9.36 Å². The summed E-state index contributed by atoms with van der Waals surface area (Å²) in [5.41, 5.74) is 9.53. The standard InChI is InChI=1S/C19H25F2N7O4/c1-32-16-14-9(17(29)28(24)19(31)27(14)8-2-3-8)4-11(20)15(16)26-6-10(12(21)7-26)13(22)5-25-18(23)30/h4,8,10,12-13H,2-3,5-7,22,24H2,1H3,(H3,23,25,30). The molecule has 2 aliphatic rings. The molecule has 7 N–H and O–H groups in total. The van der Waals surface area contributed by atoms with E-state index in [0.717, 1.165) is 6.07 Å². The summed E-state index contributed by atoms with van der Waals surface area (Å²) in [5, 5.41) is 2.24. The molecular formula is C19H25F2N7O4. The van der Waals surface area contributed by atoms with E-state index in [2.05, 4.69) is 5.32 Å². The van der Waals surface area contributed by atoms with Crippen molar-refractivity contribution in [1.82, 2.24) is 14.6 Å². The van der Waals surface area contributed by atoms with Crippen molar-refractivity contribution in [2.45, 2.75) is 31.1 Å². The lowest BCUT2D eigenvalue weighted by Gasteiger charge is -2.25. The Morgan fingerprint density at radius 1 is 1.34 bits per heavy atom. The Morgan fingerprint density at radius 2 is 2.03 bits per heavy atom. The molecule has 3 atom stereocenters. The number of nitrogens with zero attached hydrogens (tertiary/aromatic N) is 3. The molecule has 4 rings (SSSR count). The van der Waals surface area contributed by atoms with Gasteiger partial charge in [0.25, 0.3) is 5.56 Å². The number of carbonyl (C=O) groups excluding carboxylic acids is 1. The smallest absolute Gasteiger partial charge is 0.350 e. The second-order valence-electron chi connectivity index (χ2n) is 8.19. The number of primary amides is 1. The van der Waals surface area contributed by atoms with Gasteiger partial charge in [0.15, 0.2) is 11.6 Å². The molecule has 174 valence electrons. The first kappa shape index (κ1) is 21.9. The van der Waals surface area contributed by atoms with Crippen LogP contribution >= 0.6 is 0 Å². The van der Waals surface area contributed by atoms with Crippen LogP contribution in [0.5, 0.6) is 5.75 Å². The predicted octanol–water partition coefficient (Wildman–Crippen LogP) is -0.870. The van der Waals surface area contributed by atoms with E-state index < -0.39 is 41.2 Å². The average Bonchev–Trinajstić information content (AvgIpc) is 3.51. The van der Waals surface area contributed by atoms with Crippen LogP contribution in [0, 0.1) is 11.7 Å². The predicted molar refractivity (Wildman–Crippen MR) is 114 cm³/mol. The molecule has 0 radical (unpaired) electrons. The molecule has 11 nitrogen and oxygen atoms in total. The third-order valence-corrected chi connectivity index (χ3v) is 6.07. The first-order valence-electron chi connectivity index (χ1n) is 10.2. The summed E-state index contributed by atoms with van der Waals surface area (Å²) in [6.45, 7) is -0.193. The number of fused-ring (bicyclic) bond motifs is 1. The molecular weight excluding hydrogens is 428 g/mol. The fourth-order valence-corrected chi connectivity index (χ4v) is 4.34. The van der Waals surface area contributed by atoms with Gasteiger partial charge in [-0.2, -0.15) is 4.68 Å². The Balaban J connectivity index is 1.82. The highest BCUT2D eigenvalue weighted by Crippen LogP contribution is 2.43. The zero-order valence-electron chi connectivity index (χ0n) is 17.4. The van der Waals surface area contributed by atoms with Gasteiger partial charge >= 0.3 is 11.7 Å². The Bertz CT molecular complexity index is 1190. The number of carbonyl (C=O) groups is 1. The number of alkyl halides is 1. The number of nitrogens with two attached hydrogens (primary N) is 3. The summed E-state index contributed by atoms with van der Waals surface area (Å²) >= 11 is 0. The molecule has 3 unspecified atom stereocenters. The van der Waals surface area contributed by atoms with Crippen molar-refractivity contribution < 1.29 is 18.3 Å². The minimum Gasteiger partial charge on any atom is -0.492 e. The molecule has 2 aromatic rings. The van der Waals surface area contributed by atoms with Crippen LogP contribution in [0.25, 0.3) is 10.9 Å². The number of nitrogens with one attached hydrogen (secondary N) is 1. The van der Waals surface area contributed by atoms with Crippen LogP contribution in [0.1, 0.15) is 18.9 Å². The highest BCUT2D eigenvalue weighted by atomic mass is 19.1. The molecule has 1 aliphatic heterocycles. The zero-order chi connectivity index (χ0) is 23.3. The van der Waals surface area contributed by atoms with E-state index in [-0.39, 0.29) is 48.0 Å². The maximum absolute atomic E-state index is 15.3. The maximum Gasteiger partial charge on any atom is 0.350 e. The number of amides is 2. The molecule has 13 heteroatoms. The number of nitrogen functional groups attached to an aromatic ring is 1. The van der Waals surface area contributed by atoms with Crippen molar-refractivity contribution in [3.63, 3.8) is 0 Å². The average molecular weight is 453 g/mol. The molecule has 0 bridgehead atoms. The second kappa shape index (κ2) is 7.97. The third-order valence-electron chi connectivity index (χ3n) is 6.07. The molecule has 1 saturated heterocycles. The van der Waals surface area contributed by atoms with Crippen molar-refractivity contribution in [3.05, 3.63) is 32.7 Å². The van der Waals surface area contributed by atoms with Crippen LogP contribution in [0.2, 0.25) is 0 Å². The Morgan fingerprint density at radius 3 is 2.62 bits per heavy atom. The zero-order valence-corrected chi connectivity index (χ0v) is 17.4. The summed E-state index contributed by atoms with van der Waals surface area (Å²) < 4.78 is 37.3. The van der Waals surface area contributed by atoms with Crippen molar-refractivity contribution in [3.8, 4) is 5.75 Å². The molecule has 2 fully saturated rings. The van der Waals surface area contributed by atoms with E-state index in [1.54, 1.807) is 0 Å². The number of methoxy groups -OCH3 is 1. The lowest BCUT2D eigenvalue weighted by molar-refractivity contribution is 0.235. The molecule has 1 aromatic heterocycles. The number of rotatable bonds is 6. The van der Waals surface area contributed by atoms with Gasteiger partial charge in [0.1, 0.15) is 17.4 Å². The summed E-state index contributed by atoms with van der Waals surface area (Å²) in [7, 11) is 1.29. The van der Waals surface area contributed by atoms with Crippen LogP contribution < -0.4 is 43.5 Å². The van der Waals surface area contributed by atoms with Crippen molar-refractivity contribution in [2.75, 3.05) is 37.5 Å². The fourth-order valence-electron chi connectivity index (χ4n) is 4.34. The normalized spacial score (nSPS) is 21.7. The number of benzene rings is 1. The SMILES string of the molecule is COc1c(N2CC(F)C(C(N)CNC(N)=O)C2)c(F)cc2c(=O)n(N)c(=O)n(C3CC3)c12. The van der Waals surface area contributed by atoms with Gasteiger partial charge in [0, 0.05) is 37.6 Å². The summed E-state index contributed by atoms with van der Waals surface area (Å²) in [5.74, 6) is 4.05.